The Morgan fingerprint density at radius 3 is 2.76 bits per heavy atom. The van der Waals surface area contributed by atoms with Crippen molar-refractivity contribution >= 4 is 29.3 Å². The van der Waals surface area contributed by atoms with Crippen LogP contribution in [0.4, 0.5) is 11.6 Å². The number of methoxy groups -OCH3 is 2. The van der Waals surface area contributed by atoms with Gasteiger partial charge in [0.05, 0.1) is 26.0 Å². The molecule has 0 saturated carbocycles. The SMILES string of the molecule is COc1ccc(NC(=O)C(C)n2c(N)nnc2SCC#N)cc1OC. The average Bonchev–Trinajstić information content (AvgIpc) is 2.99. The second-order valence-electron chi connectivity index (χ2n) is 4.89. The van der Waals surface area contributed by atoms with Crippen molar-refractivity contribution in [2.45, 2.75) is 18.1 Å². The van der Waals surface area contributed by atoms with Crippen molar-refractivity contribution in [2.24, 2.45) is 0 Å². The van der Waals surface area contributed by atoms with E-state index in [2.05, 4.69) is 15.5 Å². The Balaban J connectivity index is 2.19. The van der Waals surface area contributed by atoms with E-state index >= 15 is 0 Å². The van der Waals surface area contributed by atoms with E-state index in [9.17, 15) is 4.79 Å². The van der Waals surface area contributed by atoms with Crippen LogP contribution < -0.4 is 20.5 Å². The average molecular weight is 362 g/mol. The lowest BCUT2D eigenvalue weighted by Gasteiger charge is -2.17. The van der Waals surface area contributed by atoms with E-state index in [-0.39, 0.29) is 17.6 Å². The molecular formula is C15H18N6O3S. The lowest BCUT2D eigenvalue weighted by atomic mass is 10.2. The number of carbonyl (C=O) groups excluding carboxylic acids is 1. The number of thioether (sulfide) groups is 1. The fourth-order valence-corrected chi connectivity index (χ4v) is 2.81. The first-order valence-electron chi connectivity index (χ1n) is 7.24. The summed E-state index contributed by atoms with van der Waals surface area (Å²) in [6, 6.07) is 6.39. The molecule has 0 bridgehead atoms. The van der Waals surface area contributed by atoms with Crippen molar-refractivity contribution in [2.75, 3.05) is 31.0 Å². The highest BCUT2D eigenvalue weighted by atomic mass is 32.2. The van der Waals surface area contributed by atoms with Gasteiger partial charge in [-0.15, -0.1) is 10.2 Å². The number of nitrogens with one attached hydrogen (secondary N) is 1. The van der Waals surface area contributed by atoms with Crippen molar-refractivity contribution in [3.63, 3.8) is 0 Å². The molecule has 1 unspecified atom stereocenters. The zero-order valence-corrected chi connectivity index (χ0v) is 14.8. The lowest BCUT2D eigenvalue weighted by molar-refractivity contribution is -0.118. The summed E-state index contributed by atoms with van der Waals surface area (Å²) in [5.74, 6) is 1.05. The fourth-order valence-electron chi connectivity index (χ4n) is 2.13. The summed E-state index contributed by atoms with van der Waals surface area (Å²) in [5, 5.41) is 19.6. The number of hydrogen-bond acceptors (Lipinski definition) is 8. The van der Waals surface area contributed by atoms with Crippen molar-refractivity contribution in [1.29, 1.82) is 5.26 Å². The van der Waals surface area contributed by atoms with Crippen LogP contribution in [0.3, 0.4) is 0 Å². The highest BCUT2D eigenvalue weighted by Gasteiger charge is 2.22. The Hall–Kier alpha value is -2.93. The molecule has 25 heavy (non-hydrogen) atoms. The highest BCUT2D eigenvalue weighted by molar-refractivity contribution is 7.99. The number of nitrogens with two attached hydrogens (primary N) is 1. The monoisotopic (exact) mass is 362 g/mol. The number of carbonyl (C=O) groups is 1. The Kier molecular flexibility index (Phi) is 6.08. The Bertz CT molecular complexity index is 801. The number of amides is 1. The summed E-state index contributed by atoms with van der Waals surface area (Å²) >= 11 is 1.16. The quantitative estimate of drug-likeness (QED) is 0.712. The molecule has 1 aromatic heterocycles. The standard InChI is InChI=1S/C15H18N6O3S/c1-9(21-14(17)19-20-15(21)25-7-6-16)13(22)18-10-4-5-11(23-2)12(8-10)24-3/h4-5,8-9H,7H2,1-3H3,(H2,17,19)(H,18,22). The van der Waals surface area contributed by atoms with Crippen molar-refractivity contribution in [3.8, 4) is 17.6 Å². The zero-order valence-electron chi connectivity index (χ0n) is 14.0. The van der Waals surface area contributed by atoms with E-state index in [1.165, 1.54) is 18.8 Å². The molecule has 1 atom stereocenters. The molecule has 3 N–H and O–H groups in total. The number of benzene rings is 1. The summed E-state index contributed by atoms with van der Waals surface area (Å²) < 4.78 is 11.9. The van der Waals surface area contributed by atoms with Crippen LogP contribution in [-0.4, -0.2) is 40.6 Å². The number of nitrogens with zero attached hydrogens (tertiary/aromatic N) is 4. The molecule has 0 spiro atoms. The predicted molar refractivity (Wildman–Crippen MR) is 93.7 cm³/mol. The molecule has 132 valence electrons. The van der Waals surface area contributed by atoms with Crippen LogP contribution in [-0.2, 0) is 4.79 Å². The molecule has 0 aliphatic heterocycles. The predicted octanol–water partition coefficient (Wildman–Crippen LogP) is 1.69. The van der Waals surface area contributed by atoms with Gasteiger partial charge in [0.1, 0.15) is 6.04 Å². The van der Waals surface area contributed by atoms with Crippen molar-refractivity contribution < 1.29 is 14.3 Å². The molecule has 1 amide bonds. The molecule has 1 aromatic carbocycles. The van der Waals surface area contributed by atoms with Gasteiger partial charge in [-0.25, -0.2) is 0 Å². The smallest absolute Gasteiger partial charge is 0.247 e. The van der Waals surface area contributed by atoms with Crippen LogP contribution in [0.25, 0.3) is 0 Å². The van der Waals surface area contributed by atoms with E-state index in [1.54, 1.807) is 25.1 Å². The first-order chi connectivity index (χ1) is 12.0. The molecule has 0 aliphatic rings. The topological polar surface area (TPSA) is 128 Å². The van der Waals surface area contributed by atoms with E-state index in [1.807, 2.05) is 6.07 Å². The fraction of sp³-hybridized carbons (Fsp3) is 0.333. The second-order valence-corrected chi connectivity index (χ2v) is 5.84. The third kappa shape index (κ3) is 4.13. The van der Waals surface area contributed by atoms with Crippen molar-refractivity contribution in [3.05, 3.63) is 18.2 Å². The number of rotatable bonds is 7. The second kappa shape index (κ2) is 8.25. The molecular weight excluding hydrogens is 344 g/mol. The summed E-state index contributed by atoms with van der Waals surface area (Å²) in [7, 11) is 3.05. The number of aromatic nitrogens is 3. The summed E-state index contributed by atoms with van der Waals surface area (Å²) in [5.41, 5.74) is 6.35. The highest BCUT2D eigenvalue weighted by Crippen LogP contribution is 2.30. The lowest BCUT2D eigenvalue weighted by Crippen LogP contribution is -2.25. The summed E-state index contributed by atoms with van der Waals surface area (Å²) in [4.78, 5) is 12.6. The maximum absolute atomic E-state index is 12.6. The molecule has 0 radical (unpaired) electrons. The van der Waals surface area contributed by atoms with Crippen LogP contribution in [0.5, 0.6) is 11.5 Å². The first kappa shape index (κ1) is 18.4. The third-order valence-corrected chi connectivity index (χ3v) is 4.18. The van der Waals surface area contributed by atoms with Crippen LogP contribution in [0.15, 0.2) is 23.4 Å². The van der Waals surface area contributed by atoms with E-state index in [0.29, 0.717) is 22.3 Å². The maximum atomic E-state index is 12.6. The molecule has 2 rings (SSSR count). The molecule has 0 saturated heterocycles. The first-order valence-corrected chi connectivity index (χ1v) is 8.23. The molecule has 0 aliphatic carbocycles. The Morgan fingerprint density at radius 1 is 1.40 bits per heavy atom. The minimum Gasteiger partial charge on any atom is -0.493 e. The number of hydrogen-bond donors (Lipinski definition) is 2. The summed E-state index contributed by atoms with van der Waals surface area (Å²) in [6.07, 6.45) is 0. The van der Waals surface area contributed by atoms with Crippen LogP contribution >= 0.6 is 11.8 Å². The van der Waals surface area contributed by atoms with Crippen LogP contribution in [0.1, 0.15) is 13.0 Å². The normalized spacial score (nSPS) is 11.4. The minimum atomic E-state index is -0.663. The van der Waals surface area contributed by atoms with Crippen LogP contribution in [0, 0.1) is 11.3 Å². The molecule has 10 heteroatoms. The Morgan fingerprint density at radius 2 is 2.12 bits per heavy atom. The van der Waals surface area contributed by atoms with Gasteiger partial charge in [-0.3, -0.25) is 9.36 Å². The van der Waals surface area contributed by atoms with Gasteiger partial charge in [0.2, 0.25) is 11.9 Å². The number of ether oxygens (including phenoxy) is 2. The van der Waals surface area contributed by atoms with Gasteiger partial charge in [0.25, 0.3) is 0 Å². The third-order valence-electron chi connectivity index (χ3n) is 3.37. The van der Waals surface area contributed by atoms with E-state index < -0.39 is 6.04 Å². The largest absolute Gasteiger partial charge is 0.493 e. The van der Waals surface area contributed by atoms with Gasteiger partial charge in [0, 0.05) is 11.8 Å². The van der Waals surface area contributed by atoms with Gasteiger partial charge in [-0.2, -0.15) is 5.26 Å². The minimum absolute atomic E-state index is 0.107. The van der Waals surface area contributed by atoms with Gasteiger partial charge >= 0.3 is 0 Å². The maximum Gasteiger partial charge on any atom is 0.247 e. The van der Waals surface area contributed by atoms with Gasteiger partial charge in [0.15, 0.2) is 16.7 Å². The molecule has 1 heterocycles. The number of anilines is 2. The molecule has 9 nitrogen and oxygen atoms in total. The van der Waals surface area contributed by atoms with Crippen molar-refractivity contribution in [1.82, 2.24) is 14.8 Å². The number of nitrogen functional groups attached to an aromatic ring is 1. The van der Waals surface area contributed by atoms with Crippen LogP contribution in [0.2, 0.25) is 0 Å². The van der Waals surface area contributed by atoms with E-state index in [0.717, 1.165) is 11.8 Å². The van der Waals surface area contributed by atoms with Gasteiger partial charge < -0.3 is 20.5 Å². The zero-order chi connectivity index (χ0) is 18.4. The van der Waals surface area contributed by atoms with E-state index in [4.69, 9.17) is 20.5 Å². The molecule has 0 fully saturated rings. The van der Waals surface area contributed by atoms with Gasteiger partial charge in [-0.05, 0) is 19.1 Å². The summed E-state index contributed by atoms with van der Waals surface area (Å²) in [6.45, 7) is 1.67. The Labute approximate surface area is 149 Å². The molecule has 2 aromatic rings. The number of nitriles is 1. The van der Waals surface area contributed by atoms with Gasteiger partial charge in [-0.1, -0.05) is 11.8 Å².